The fourth-order valence-electron chi connectivity index (χ4n) is 4.72. The molecule has 3 N–H and O–H groups in total. The lowest BCUT2D eigenvalue weighted by Gasteiger charge is -2.43. The summed E-state index contributed by atoms with van der Waals surface area (Å²) >= 11 is 2.02. The van der Waals surface area contributed by atoms with Crippen molar-refractivity contribution in [2.45, 2.75) is 70.3 Å². The van der Waals surface area contributed by atoms with Crippen LogP contribution in [0.25, 0.3) is 0 Å². The molecular formula is C28H39IN2O8. The second-order valence-corrected chi connectivity index (χ2v) is 11.3. The third-order valence-electron chi connectivity index (χ3n) is 6.99. The van der Waals surface area contributed by atoms with E-state index in [1.165, 1.54) is 13.2 Å². The van der Waals surface area contributed by atoms with Crippen LogP contribution in [0.5, 0.6) is 11.5 Å². The lowest BCUT2D eigenvalue weighted by Crippen LogP contribution is -2.57. The highest BCUT2D eigenvalue weighted by Crippen LogP contribution is 2.37. The number of nitrogens with zero attached hydrogens (tertiary/aromatic N) is 1. The zero-order valence-electron chi connectivity index (χ0n) is 22.7. The summed E-state index contributed by atoms with van der Waals surface area (Å²) in [6.45, 7) is 4.59. The van der Waals surface area contributed by atoms with Crippen molar-refractivity contribution in [2.24, 2.45) is 5.92 Å². The number of benzene rings is 1. The van der Waals surface area contributed by atoms with Crippen molar-refractivity contribution >= 4 is 40.7 Å². The van der Waals surface area contributed by atoms with Gasteiger partial charge in [-0.25, -0.2) is 0 Å². The number of ether oxygens (including phenoxy) is 3. The summed E-state index contributed by atoms with van der Waals surface area (Å²) in [7, 11) is 1.45. The predicted molar refractivity (Wildman–Crippen MR) is 153 cm³/mol. The summed E-state index contributed by atoms with van der Waals surface area (Å²) < 4.78 is 18.0. The maximum Gasteiger partial charge on any atom is 0.247 e. The summed E-state index contributed by atoms with van der Waals surface area (Å²) in [5.41, 5.74) is 0.762. The number of aliphatic hydroxyl groups excluding tert-OH is 2. The molecule has 11 heteroatoms. The molecule has 0 spiro atoms. The Morgan fingerprint density at radius 2 is 2.03 bits per heavy atom. The first kappa shape index (κ1) is 31.3. The van der Waals surface area contributed by atoms with Gasteiger partial charge in [0, 0.05) is 43.2 Å². The maximum absolute atomic E-state index is 13.6. The average molecular weight is 659 g/mol. The third kappa shape index (κ3) is 8.15. The number of nitrogens with one attached hydrogen (secondary N) is 1. The number of aldehydes is 1. The second kappa shape index (κ2) is 15.0. The molecular weight excluding hydrogens is 619 g/mol. The van der Waals surface area contributed by atoms with E-state index in [9.17, 15) is 24.6 Å². The van der Waals surface area contributed by atoms with Gasteiger partial charge in [0.2, 0.25) is 11.8 Å². The molecule has 2 aliphatic rings. The zero-order chi connectivity index (χ0) is 28.5. The predicted octanol–water partition coefficient (Wildman–Crippen LogP) is 2.47. The SMILES string of the molecule is COc1cc(C=O)cc(I)c1OC1C=C(C(=O)NCCO)CC(N(CCCOC(C)C)C(=O)C2CCC2)C1O. The molecule has 0 saturated heterocycles. The van der Waals surface area contributed by atoms with Gasteiger partial charge >= 0.3 is 0 Å². The van der Waals surface area contributed by atoms with Crippen molar-refractivity contribution in [1.29, 1.82) is 0 Å². The number of amides is 2. The Hall–Kier alpha value is -2.22. The third-order valence-corrected chi connectivity index (χ3v) is 7.79. The van der Waals surface area contributed by atoms with Crippen LogP contribution in [0.15, 0.2) is 23.8 Å². The molecule has 1 saturated carbocycles. The highest BCUT2D eigenvalue weighted by atomic mass is 127. The largest absolute Gasteiger partial charge is 0.493 e. The van der Waals surface area contributed by atoms with Crippen LogP contribution < -0.4 is 14.8 Å². The van der Waals surface area contributed by atoms with Crippen LogP contribution in [0.1, 0.15) is 56.3 Å². The Kier molecular flexibility index (Phi) is 12.0. The summed E-state index contributed by atoms with van der Waals surface area (Å²) in [6, 6.07) is 2.47. The van der Waals surface area contributed by atoms with E-state index in [-0.39, 0.29) is 37.5 Å². The number of aliphatic hydroxyl groups is 2. The van der Waals surface area contributed by atoms with Crippen LogP contribution in [0.4, 0.5) is 0 Å². The molecule has 39 heavy (non-hydrogen) atoms. The Morgan fingerprint density at radius 3 is 2.62 bits per heavy atom. The van der Waals surface area contributed by atoms with E-state index in [0.717, 1.165) is 19.3 Å². The smallest absolute Gasteiger partial charge is 0.247 e. The van der Waals surface area contributed by atoms with E-state index < -0.39 is 24.2 Å². The number of halogens is 1. The Balaban J connectivity index is 1.95. The molecule has 0 aromatic heterocycles. The van der Waals surface area contributed by atoms with Crippen LogP contribution in [-0.2, 0) is 14.3 Å². The lowest BCUT2D eigenvalue weighted by atomic mass is 9.82. The molecule has 3 atom stereocenters. The van der Waals surface area contributed by atoms with Gasteiger partial charge < -0.3 is 34.6 Å². The van der Waals surface area contributed by atoms with Crippen molar-refractivity contribution in [3.8, 4) is 11.5 Å². The van der Waals surface area contributed by atoms with E-state index in [2.05, 4.69) is 5.32 Å². The van der Waals surface area contributed by atoms with Crippen LogP contribution >= 0.6 is 22.6 Å². The summed E-state index contributed by atoms with van der Waals surface area (Å²) in [5.74, 6) is 0.102. The molecule has 3 unspecified atom stereocenters. The number of carbonyl (C=O) groups is 3. The van der Waals surface area contributed by atoms with Gasteiger partial charge in [0.15, 0.2) is 11.5 Å². The quantitative estimate of drug-likeness (QED) is 0.158. The first-order chi connectivity index (χ1) is 18.7. The monoisotopic (exact) mass is 658 g/mol. The molecule has 10 nitrogen and oxygen atoms in total. The van der Waals surface area contributed by atoms with E-state index in [4.69, 9.17) is 14.2 Å². The standard InChI is InChI=1S/C28H39IN2O8/c1-17(2)38-11-5-9-31(28(36)19-6-4-7-19)22-14-20(27(35)30-8-10-32)15-23(25(22)34)39-26-21(29)12-18(16-33)13-24(26)37-3/h12-13,15-17,19,22-23,25,32,34H,4-11,14H2,1-3H3,(H,30,35). The lowest BCUT2D eigenvalue weighted by molar-refractivity contribution is -0.145. The molecule has 0 radical (unpaired) electrons. The molecule has 0 aliphatic heterocycles. The van der Waals surface area contributed by atoms with Crippen molar-refractivity contribution in [2.75, 3.05) is 33.4 Å². The topological polar surface area (TPSA) is 135 Å². The second-order valence-electron chi connectivity index (χ2n) is 10.1. The number of hydrogen-bond acceptors (Lipinski definition) is 8. The van der Waals surface area contributed by atoms with Crippen molar-refractivity contribution < 1.29 is 38.8 Å². The highest BCUT2D eigenvalue weighted by molar-refractivity contribution is 14.1. The normalized spacial score (nSPS) is 21.1. The minimum atomic E-state index is -1.14. The average Bonchev–Trinajstić information content (AvgIpc) is 2.88. The van der Waals surface area contributed by atoms with Gasteiger partial charge in [-0.15, -0.1) is 0 Å². The minimum absolute atomic E-state index is 0.0342. The molecule has 0 bridgehead atoms. The van der Waals surface area contributed by atoms with Gasteiger partial charge in [-0.1, -0.05) is 6.42 Å². The molecule has 0 heterocycles. The number of methoxy groups -OCH3 is 1. The van der Waals surface area contributed by atoms with Gasteiger partial charge in [0.1, 0.15) is 18.5 Å². The molecule has 1 aromatic carbocycles. The fourth-order valence-corrected chi connectivity index (χ4v) is 5.47. The number of hydrogen-bond donors (Lipinski definition) is 3. The van der Waals surface area contributed by atoms with E-state index in [0.29, 0.717) is 52.1 Å². The molecule has 216 valence electrons. The first-order valence-corrected chi connectivity index (χ1v) is 14.5. The maximum atomic E-state index is 13.6. The van der Waals surface area contributed by atoms with Gasteiger partial charge in [-0.05, 0) is 73.9 Å². The molecule has 2 amide bonds. The van der Waals surface area contributed by atoms with Crippen molar-refractivity contribution in [1.82, 2.24) is 10.2 Å². The highest BCUT2D eigenvalue weighted by Gasteiger charge is 2.42. The first-order valence-electron chi connectivity index (χ1n) is 13.4. The Morgan fingerprint density at radius 1 is 1.28 bits per heavy atom. The summed E-state index contributed by atoms with van der Waals surface area (Å²) in [5, 5.41) is 23.5. The Labute approximate surface area is 243 Å². The minimum Gasteiger partial charge on any atom is -0.493 e. The van der Waals surface area contributed by atoms with Gasteiger partial charge in [-0.3, -0.25) is 14.4 Å². The zero-order valence-corrected chi connectivity index (χ0v) is 24.9. The van der Waals surface area contributed by atoms with Crippen LogP contribution in [0.3, 0.4) is 0 Å². The Bertz CT molecular complexity index is 1040. The van der Waals surface area contributed by atoms with Gasteiger partial charge in [-0.2, -0.15) is 0 Å². The number of rotatable bonds is 14. The molecule has 3 rings (SSSR count). The van der Waals surface area contributed by atoms with E-state index in [1.807, 2.05) is 36.4 Å². The summed E-state index contributed by atoms with van der Waals surface area (Å²) in [4.78, 5) is 39.6. The van der Waals surface area contributed by atoms with Crippen LogP contribution in [0, 0.1) is 9.49 Å². The molecule has 2 aliphatic carbocycles. The van der Waals surface area contributed by atoms with Crippen molar-refractivity contribution in [3.63, 3.8) is 0 Å². The van der Waals surface area contributed by atoms with Crippen molar-refractivity contribution in [3.05, 3.63) is 32.9 Å². The van der Waals surface area contributed by atoms with Crippen LogP contribution in [0.2, 0.25) is 0 Å². The van der Waals surface area contributed by atoms with Gasteiger partial charge in [0.25, 0.3) is 0 Å². The molecule has 1 aromatic rings. The van der Waals surface area contributed by atoms with Crippen LogP contribution in [-0.4, -0.2) is 91.0 Å². The fraction of sp³-hybridized carbons (Fsp3) is 0.607. The number of carbonyl (C=O) groups excluding carboxylic acids is 3. The van der Waals surface area contributed by atoms with E-state index >= 15 is 0 Å². The van der Waals surface area contributed by atoms with Gasteiger partial charge in [0.05, 0.1) is 29.4 Å². The molecule has 1 fully saturated rings. The summed E-state index contributed by atoms with van der Waals surface area (Å²) in [6.07, 6.45) is 3.53. The van der Waals surface area contributed by atoms with E-state index in [1.54, 1.807) is 17.0 Å².